The molecule has 6 heteroatoms. The number of nitrogen functional groups attached to an aromatic ring is 1. The van der Waals surface area contributed by atoms with Crippen molar-refractivity contribution in [1.29, 1.82) is 0 Å². The van der Waals surface area contributed by atoms with E-state index in [0.29, 0.717) is 5.82 Å². The van der Waals surface area contributed by atoms with Gasteiger partial charge in [-0.1, -0.05) is 0 Å². The van der Waals surface area contributed by atoms with E-state index in [1.807, 2.05) is 29.9 Å². The molecule has 1 aliphatic rings. The summed E-state index contributed by atoms with van der Waals surface area (Å²) in [7, 11) is 0. The molecular weight excluding hydrogens is 258 g/mol. The van der Waals surface area contributed by atoms with Gasteiger partial charge >= 0.3 is 0 Å². The van der Waals surface area contributed by atoms with Gasteiger partial charge < -0.3 is 10.6 Å². The lowest BCUT2D eigenvalue weighted by Gasteiger charge is -2.35. The van der Waals surface area contributed by atoms with Crippen LogP contribution in [0.1, 0.15) is 5.01 Å². The molecule has 0 saturated carbocycles. The second-order valence-electron chi connectivity index (χ2n) is 4.63. The van der Waals surface area contributed by atoms with Gasteiger partial charge in [0.25, 0.3) is 0 Å². The van der Waals surface area contributed by atoms with Gasteiger partial charge in [-0.25, -0.2) is 9.97 Å². The van der Waals surface area contributed by atoms with Gasteiger partial charge in [0.1, 0.15) is 10.8 Å². The predicted octanol–water partition coefficient (Wildman–Crippen LogP) is 1.44. The Hall–Kier alpha value is -1.66. The fraction of sp³-hybridized carbons (Fsp3) is 0.385. The highest BCUT2D eigenvalue weighted by Gasteiger charge is 2.18. The van der Waals surface area contributed by atoms with Crippen molar-refractivity contribution in [3.8, 4) is 0 Å². The molecule has 3 heterocycles. The van der Waals surface area contributed by atoms with Gasteiger partial charge in [0, 0.05) is 37.8 Å². The molecule has 100 valence electrons. The third-order valence-electron chi connectivity index (χ3n) is 3.35. The Bertz CT molecular complexity index is 502. The van der Waals surface area contributed by atoms with Gasteiger partial charge in [-0.2, -0.15) is 0 Å². The Morgan fingerprint density at radius 1 is 1.16 bits per heavy atom. The third kappa shape index (κ3) is 3.02. The van der Waals surface area contributed by atoms with Crippen molar-refractivity contribution in [3.05, 3.63) is 34.9 Å². The second kappa shape index (κ2) is 5.54. The van der Waals surface area contributed by atoms with Crippen LogP contribution in [0.5, 0.6) is 0 Å². The average molecular weight is 275 g/mol. The number of hydrogen-bond acceptors (Lipinski definition) is 6. The Labute approximate surface area is 116 Å². The minimum absolute atomic E-state index is 0.575. The van der Waals surface area contributed by atoms with Gasteiger partial charge in [0.2, 0.25) is 0 Å². The summed E-state index contributed by atoms with van der Waals surface area (Å²) < 4.78 is 0. The summed E-state index contributed by atoms with van der Waals surface area (Å²) in [5.41, 5.74) is 6.77. The first kappa shape index (κ1) is 12.4. The van der Waals surface area contributed by atoms with Gasteiger partial charge in [0.15, 0.2) is 0 Å². The number of hydrogen-bond donors (Lipinski definition) is 1. The fourth-order valence-electron chi connectivity index (χ4n) is 2.27. The molecule has 1 saturated heterocycles. The summed E-state index contributed by atoms with van der Waals surface area (Å²) in [6.45, 7) is 5.13. The van der Waals surface area contributed by atoms with Crippen molar-refractivity contribution in [2.45, 2.75) is 6.54 Å². The molecule has 0 atom stereocenters. The van der Waals surface area contributed by atoms with Crippen LogP contribution in [0.4, 0.5) is 11.5 Å². The summed E-state index contributed by atoms with van der Waals surface area (Å²) in [5, 5.41) is 3.23. The number of pyridine rings is 1. The smallest absolute Gasteiger partial charge is 0.123 e. The number of aromatic nitrogens is 2. The maximum atomic E-state index is 5.61. The van der Waals surface area contributed by atoms with E-state index in [1.165, 1.54) is 5.01 Å². The molecule has 0 bridgehead atoms. The van der Waals surface area contributed by atoms with Gasteiger partial charge in [-0.15, -0.1) is 11.3 Å². The number of nitrogens with two attached hydrogens (primary N) is 1. The normalized spacial score (nSPS) is 16.7. The van der Waals surface area contributed by atoms with Crippen LogP contribution >= 0.6 is 11.3 Å². The van der Waals surface area contributed by atoms with Crippen molar-refractivity contribution in [2.75, 3.05) is 36.8 Å². The first-order valence-corrected chi connectivity index (χ1v) is 7.26. The molecule has 19 heavy (non-hydrogen) atoms. The maximum Gasteiger partial charge on any atom is 0.123 e. The Morgan fingerprint density at radius 2 is 2.00 bits per heavy atom. The number of piperazine rings is 1. The zero-order valence-electron chi connectivity index (χ0n) is 10.7. The SMILES string of the molecule is Nc1ccc(N2CCN(Cc3nccs3)CC2)cn1. The molecule has 0 unspecified atom stereocenters. The van der Waals surface area contributed by atoms with E-state index in [1.54, 1.807) is 11.3 Å². The zero-order valence-corrected chi connectivity index (χ0v) is 11.5. The topological polar surface area (TPSA) is 58.3 Å². The van der Waals surface area contributed by atoms with E-state index < -0.39 is 0 Å². The molecule has 0 amide bonds. The summed E-state index contributed by atoms with van der Waals surface area (Å²) in [6, 6.07) is 3.90. The standard InChI is InChI=1S/C13H17N5S/c14-12-2-1-11(9-16-12)18-6-4-17(5-7-18)10-13-15-3-8-19-13/h1-3,8-9H,4-7,10H2,(H2,14,16). The van der Waals surface area contributed by atoms with Gasteiger partial charge in [-0.05, 0) is 12.1 Å². The molecule has 1 aliphatic heterocycles. The van der Waals surface area contributed by atoms with E-state index in [-0.39, 0.29) is 0 Å². The molecule has 2 aromatic rings. The Balaban J connectivity index is 1.56. The van der Waals surface area contributed by atoms with Crippen LogP contribution < -0.4 is 10.6 Å². The van der Waals surface area contributed by atoms with E-state index in [9.17, 15) is 0 Å². The van der Waals surface area contributed by atoms with Crippen LogP contribution in [-0.4, -0.2) is 41.0 Å². The quantitative estimate of drug-likeness (QED) is 0.918. The summed E-state index contributed by atoms with van der Waals surface area (Å²) in [6.07, 6.45) is 3.72. The fourth-order valence-corrected chi connectivity index (χ4v) is 2.93. The molecule has 1 fully saturated rings. The second-order valence-corrected chi connectivity index (χ2v) is 5.61. The minimum Gasteiger partial charge on any atom is -0.384 e. The molecule has 2 N–H and O–H groups in total. The Kier molecular flexibility index (Phi) is 3.61. The van der Waals surface area contributed by atoms with Crippen molar-refractivity contribution in [1.82, 2.24) is 14.9 Å². The first-order chi connectivity index (χ1) is 9.31. The molecule has 0 aliphatic carbocycles. The molecule has 3 rings (SSSR count). The highest BCUT2D eigenvalue weighted by Crippen LogP contribution is 2.17. The van der Waals surface area contributed by atoms with Gasteiger partial charge in [0.05, 0.1) is 18.4 Å². The summed E-state index contributed by atoms with van der Waals surface area (Å²) in [5.74, 6) is 0.575. The number of nitrogens with zero attached hydrogens (tertiary/aromatic N) is 4. The van der Waals surface area contributed by atoms with E-state index in [2.05, 4.69) is 19.8 Å². The van der Waals surface area contributed by atoms with E-state index in [4.69, 9.17) is 5.73 Å². The highest BCUT2D eigenvalue weighted by atomic mass is 32.1. The van der Waals surface area contributed by atoms with Crippen LogP contribution in [-0.2, 0) is 6.54 Å². The third-order valence-corrected chi connectivity index (χ3v) is 4.11. The van der Waals surface area contributed by atoms with Gasteiger partial charge in [-0.3, -0.25) is 4.90 Å². The lowest BCUT2D eigenvalue weighted by atomic mass is 10.2. The molecule has 0 spiro atoms. The summed E-state index contributed by atoms with van der Waals surface area (Å²) in [4.78, 5) is 13.3. The number of thiazole rings is 1. The monoisotopic (exact) mass is 275 g/mol. The van der Waals surface area contributed by atoms with E-state index >= 15 is 0 Å². The van der Waals surface area contributed by atoms with Crippen LogP contribution in [0.25, 0.3) is 0 Å². The highest BCUT2D eigenvalue weighted by molar-refractivity contribution is 7.09. The minimum atomic E-state index is 0.575. The molecule has 2 aromatic heterocycles. The van der Waals surface area contributed by atoms with Crippen molar-refractivity contribution in [3.63, 3.8) is 0 Å². The van der Waals surface area contributed by atoms with Crippen molar-refractivity contribution in [2.24, 2.45) is 0 Å². The number of anilines is 2. The van der Waals surface area contributed by atoms with Crippen LogP contribution in [0, 0.1) is 0 Å². The Morgan fingerprint density at radius 3 is 2.63 bits per heavy atom. The molecule has 0 radical (unpaired) electrons. The van der Waals surface area contributed by atoms with Crippen LogP contribution in [0.15, 0.2) is 29.9 Å². The first-order valence-electron chi connectivity index (χ1n) is 6.38. The lowest BCUT2D eigenvalue weighted by Crippen LogP contribution is -2.46. The largest absolute Gasteiger partial charge is 0.384 e. The molecular formula is C13H17N5S. The predicted molar refractivity (Wildman–Crippen MR) is 78.3 cm³/mol. The zero-order chi connectivity index (χ0) is 13.1. The van der Waals surface area contributed by atoms with Crippen LogP contribution in [0.3, 0.4) is 0 Å². The maximum absolute atomic E-state index is 5.61. The molecule has 0 aromatic carbocycles. The van der Waals surface area contributed by atoms with Crippen LogP contribution in [0.2, 0.25) is 0 Å². The summed E-state index contributed by atoms with van der Waals surface area (Å²) >= 11 is 1.73. The van der Waals surface area contributed by atoms with Crippen molar-refractivity contribution < 1.29 is 0 Å². The average Bonchev–Trinajstić information content (AvgIpc) is 2.94. The van der Waals surface area contributed by atoms with Crippen molar-refractivity contribution >= 4 is 22.8 Å². The number of rotatable bonds is 3. The molecule has 5 nitrogen and oxygen atoms in total. The van der Waals surface area contributed by atoms with E-state index in [0.717, 1.165) is 38.4 Å². The lowest BCUT2D eigenvalue weighted by molar-refractivity contribution is 0.249.